The molecule has 0 aromatic heterocycles. The van der Waals surface area contributed by atoms with E-state index in [0.29, 0.717) is 19.3 Å². The third-order valence-corrected chi connectivity index (χ3v) is 12.0. The number of aliphatic carboxylic acids is 1. The van der Waals surface area contributed by atoms with Gasteiger partial charge in [0.05, 0.1) is 18.1 Å². The molecule has 3 aliphatic rings. The maximum atomic E-state index is 13.9. The first-order valence-electron chi connectivity index (χ1n) is 17.4. The number of carboxylic acid groups (broad SMARTS) is 1. The Kier molecular flexibility index (Phi) is 12.0. The Hall–Kier alpha value is -2.48. The van der Waals surface area contributed by atoms with Gasteiger partial charge in [-0.15, -0.1) is 0 Å². The highest BCUT2D eigenvalue weighted by atomic mass is 19.4. The van der Waals surface area contributed by atoms with Crippen molar-refractivity contribution in [2.45, 2.75) is 139 Å². The summed E-state index contributed by atoms with van der Waals surface area (Å²) in [4.78, 5) is 11.5. The number of carboxylic acids is 1. The summed E-state index contributed by atoms with van der Waals surface area (Å²) < 4.78 is 118. The van der Waals surface area contributed by atoms with E-state index in [4.69, 9.17) is 0 Å². The van der Waals surface area contributed by atoms with Crippen molar-refractivity contribution in [1.29, 1.82) is 0 Å². The molecule has 2 fully saturated rings. The van der Waals surface area contributed by atoms with Gasteiger partial charge in [0, 0.05) is 6.42 Å². The predicted octanol–water partition coefficient (Wildman–Crippen LogP) is 9.95. The molecule has 5 nitrogen and oxygen atoms in total. The van der Waals surface area contributed by atoms with Crippen molar-refractivity contribution in [2.75, 3.05) is 0 Å². The van der Waals surface area contributed by atoms with Crippen LogP contribution in [0.1, 0.15) is 120 Å². The topological polar surface area (TPSA) is 98.0 Å². The summed E-state index contributed by atoms with van der Waals surface area (Å²) in [5.41, 5.74) is 2.42. The summed E-state index contributed by atoms with van der Waals surface area (Å²) in [5, 5.41) is 41.8. The molecule has 0 amide bonds. The maximum absolute atomic E-state index is 13.9. The molecule has 0 radical (unpaired) electrons. The van der Waals surface area contributed by atoms with Gasteiger partial charge in [0.15, 0.2) is 0 Å². The van der Waals surface area contributed by atoms with Gasteiger partial charge in [0.25, 0.3) is 0 Å². The number of carbonyl (C=O) groups is 1. The van der Waals surface area contributed by atoms with E-state index in [1.54, 1.807) is 12.1 Å². The van der Waals surface area contributed by atoms with Crippen LogP contribution in [0.15, 0.2) is 30.4 Å². The first-order chi connectivity index (χ1) is 23.1. The third kappa shape index (κ3) is 7.52. The summed E-state index contributed by atoms with van der Waals surface area (Å²) in [6, 6.07) is 5.19. The van der Waals surface area contributed by atoms with Crippen LogP contribution in [0, 0.1) is 29.1 Å². The van der Waals surface area contributed by atoms with Crippen LogP contribution in [0.2, 0.25) is 0 Å². The normalized spacial score (nSPS) is 29.3. The first kappa shape index (κ1) is 40.3. The van der Waals surface area contributed by atoms with E-state index in [1.807, 2.05) is 6.07 Å². The van der Waals surface area contributed by atoms with Crippen molar-refractivity contribution in [3.05, 3.63) is 41.5 Å². The lowest BCUT2D eigenvalue weighted by Crippen LogP contribution is -2.60. The Morgan fingerprint density at radius 1 is 0.900 bits per heavy atom. The van der Waals surface area contributed by atoms with Gasteiger partial charge in [-0.1, -0.05) is 64.5 Å². The van der Waals surface area contributed by atoms with Crippen LogP contribution in [0.5, 0.6) is 5.75 Å². The molecule has 0 heterocycles. The number of aromatic hydroxyl groups is 1. The van der Waals surface area contributed by atoms with E-state index in [0.717, 1.165) is 61.6 Å². The molecule has 14 heteroatoms. The molecule has 1 unspecified atom stereocenters. The highest BCUT2D eigenvalue weighted by Gasteiger charge is 2.81. The lowest BCUT2D eigenvalue weighted by molar-refractivity contribution is -0.396. The number of benzene rings is 1. The van der Waals surface area contributed by atoms with Gasteiger partial charge in [-0.3, -0.25) is 4.79 Å². The molecular formula is C36H47F9O5. The average Bonchev–Trinajstić information content (AvgIpc) is 3.25. The molecule has 0 spiro atoms. The van der Waals surface area contributed by atoms with Gasteiger partial charge in [0.2, 0.25) is 0 Å². The Morgan fingerprint density at radius 2 is 1.50 bits per heavy atom. The molecular weight excluding hydrogens is 683 g/mol. The quantitative estimate of drug-likeness (QED) is 0.0772. The zero-order valence-electron chi connectivity index (χ0n) is 28.0. The molecule has 0 bridgehead atoms. The number of hydrogen-bond acceptors (Lipinski definition) is 4. The summed E-state index contributed by atoms with van der Waals surface area (Å²) in [6.07, 6.45) is -4.26. The highest BCUT2D eigenvalue weighted by molar-refractivity contribution is 5.69. The number of phenols is 1. The van der Waals surface area contributed by atoms with Crippen LogP contribution in [-0.4, -0.2) is 56.4 Å². The third-order valence-electron chi connectivity index (χ3n) is 12.0. The Bertz CT molecular complexity index is 1370. The van der Waals surface area contributed by atoms with Crippen LogP contribution >= 0.6 is 0 Å². The van der Waals surface area contributed by atoms with Crippen molar-refractivity contribution in [1.82, 2.24) is 0 Å². The Balaban J connectivity index is 1.24. The fourth-order valence-electron chi connectivity index (χ4n) is 8.99. The molecule has 2 saturated carbocycles. The minimum absolute atomic E-state index is 0.0861. The van der Waals surface area contributed by atoms with E-state index in [2.05, 4.69) is 13.5 Å². The standard InChI is InChI=1S/C36H47F9O5/c1-20-28(47)19-27-29-24(15-16-32(20,27)2)23-13-12-22(46)18-26(23)30(48)25(29)11-9-7-5-3-4-6-8-10-21(31(49)50)14-17-33(37,38)34(39,40)35(41,42)36(43,44)45/h12-13,18,21,24-25,27-30,46-48H,1,3-11,14-17,19H2,2H3,(H,49,50)/t21?,24-,25+,27+,28-,29+,30+,32-/m1/s1. The number of alkyl halides is 9. The molecule has 50 heavy (non-hydrogen) atoms. The number of phenolic OH excluding ortho intramolecular Hbond substituents is 1. The van der Waals surface area contributed by atoms with Gasteiger partial charge in [0.1, 0.15) is 5.75 Å². The number of unbranched alkanes of at least 4 members (excludes halogenated alkanes) is 6. The number of halogens is 9. The molecule has 3 aliphatic carbocycles. The molecule has 4 rings (SSSR count). The largest absolute Gasteiger partial charge is 0.508 e. The number of hydrogen-bond donors (Lipinski definition) is 4. The summed E-state index contributed by atoms with van der Waals surface area (Å²) >= 11 is 0. The van der Waals surface area contributed by atoms with Gasteiger partial charge < -0.3 is 20.4 Å². The molecule has 1 aromatic rings. The van der Waals surface area contributed by atoms with Crippen LogP contribution in [0.4, 0.5) is 39.5 Å². The minimum atomic E-state index is -7.00. The second-order valence-electron chi connectivity index (χ2n) is 14.9. The molecule has 0 aliphatic heterocycles. The van der Waals surface area contributed by atoms with Crippen molar-refractivity contribution in [3.63, 3.8) is 0 Å². The molecule has 4 N–H and O–H groups in total. The van der Waals surface area contributed by atoms with E-state index >= 15 is 0 Å². The lowest BCUT2D eigenvalue weighted by Gasteiger charge is -2.53. The zero-order valence-corrected chi connectivity index (χ0v) is 28.0. The average molecular weight is 731 g/mol. The maximum Gasteiger partial charge on any atom is 0.460 e. The van der Waals surface area contributed by atoms with E-state index in [-0.39, 0.29) is 47.7 Å². The van der Waals surface area contributed by atoms with Gasteiger partial charge in [-0.25, -0.2) is 0 Å². The summed E-state index contributed by atoms with van der Waals surface area (Å²) in [7, 11) is 0. The van der Waals surface area contributed by atoms with Crippen LogP contribution < -0.4 is 0 Å². The predicted molar refractivity (Wildman–Crippen MR) is 166 cm³/mol. The van der Waals surface area contributed by atoms with E-state index in [9.17, 15) is 64.7 Å². The Morgan fingerprint density at radius 3 is 2.10 bits per heavy atom. The molecule has 1 aromatic carbocycles. The van der Waals surface area contributed by atoms with E-state index in [1.165, 1.54) is 0 Å². The number of fused-ring (bicyclic) bond motifs is 5. The molecule has 284 valence electrons. The van der Waals surface area contributed by atoms with Crippen molar-refractivity contribution in [3.8, 4) is 5.75 Å². The summed E-state index contributed by atoms with van der Waals surface area (Å²) in [6.45, 7) is 6.38. The lowest BCUT2D eigenvalue weighted by atomic mass is 9.51. The number of aliphatic hydroxyl groups is 2. The number of aliphatic hydroxyl groups excluding tert-OH is 2. The van der Waals surface area contributed by atoms with Gasteiger partial charge in [-0.2, -0.15) is 39.5 Å². The smallest absolute Gasteiger partial charge is 0.460 e. The minimum Gasteiger partial charge on any atom is -0.508 e. The number of rotatable bonds is 16. The zero-order chi connectivity index (χ0) is 37.4. The fraction of sp³-hybridized carbons (Fsp3) is 0.750. The highest BCUT2D eigenvalue weighted by Crippen LogP contribution is 2.65. The van der Waals surface area contributed by atoms with Crippen molar-refractivity contribution < 1.29 is 64.7 Å². The van der Waals surface area contributed by atoms with Crippen molar-refractivity contribution >= 4 is 5.97 Å². The summed E-state index contributed by atoms with van der Waals surface area (Å²) in [5.74, 6) is -22.3. The molecule has 8 atom stereocenters. The van der Waals surface area contributed by atoms with E-state index < -0.39 is 60.9 Å². The molecule has 0 saturated heterocycles. The first-order valence-corrected chi connectivity index (χ1v) is 17.4. The second-order valence-corrected chi connectivity index (χ2v) is 14.9. The van der Waals surface area contributed by atoms with Gasteiger partial charge in [-0.05, 0) is 96.4 Å². The van der Waals surface area contributed by atoms with Crippen LogP contribution in [0.3, 0.4) is 0 Å². The van der Waals surface area contributed by atoms with Crippen LogP contribution in [-0.2, 0) is 4.79 Å². The van der Waals surface area contributed by atoms with Crippen molar-refractivity contribution in [2.24, 2.45) is 29.1 Å². The SMILES string of the molecule is C=C1[C@H](O)C[C@H]2[C@@H]3[C@H](CCCCCCCCCC(CCC(F)(F)C(F)(F)C(F)(F)C(F)(F)F)C(=O)O)[C@H](O)c4cc(O)ccc4[C@H]3CC[C@]12C. The van der Waals surface area contributed by atoms with Gasteiger partial charge >= 0.3 is 29.9 Å². The monoisotopic (exact) mass is 730 g/mol. The Labute approximate surface area is 286 Å². The van der Waals surface area contributed by atoms with Crippen LogP contribution in [0.25, 0.3) is 0 Å². The second kappa shape index (κ2) is 14.9. The fourth-order valence-corrected chi connectivity index (χ4v) is 8.99.